The van der Waals surface area contributed by atoms with E-state index < -0.39 is 6.36 Å². The maximum Gasteiger partial charge on any atom is 0.573 e. The van der Waals surface area contributed by atoms with Crippen molar-refractivity contribution in [1.82, 2.24) is 9.97 Å². The molecule has 4 rings (SSSR count). The number of carbonyl (C=O) groups is 1. The Bertz CT molecular complexity index is 1250. The molecule has 0 amide bonds. The van der Waals surface area contributed by atoms with Gasteiger partial charge in [-0.05, 0) is 42.9 Å². The van der Waals surface area contributed by atoms with Gasteiger partial charge < -0.3 is 9.64 Å². The van der Waals surface area contributed by atoms with Gasteiger partial charge in [-0.2, -0.15) is 0 Å². The Morgan fingerprint density at radius 1 is 0.900 bits per heavy atom. The van der Waals surface area contributed by atoms with Crippen molar-refractivity contribution in [2.45, 2.75) is 83.4 Å². The first-order valence-electron chi connectivity index (χ1n) is 14.5. The molecule has 0 unspecified atom stereocenters. The molecular formula is C32H40F3N3O2. The second-order valence-corrected chi connectivity index (χ2v) is 11.3. The zero-order chi connectivity index (χ0) is 28.5. The Morgan fingerprint density at radius 3 is 2.25 bits per heavy atom. The van der Waals surface area contributed by atoms with Crippen molar-refractivity contribution in [3.8, 4) is 5.75 Å². The van der Waals surface area contributed by atoms with Crippen LogP contribution in [-0.4, -0.2) is 36.2 Å². The Hall–Kier alpha value is -3.16. The van der Waals surface area contributed by atoms with Crippen molar-refractivity contribution >= 4 is 22.5 Å². The molecule has 5 nitrogen and oxygen atoms in total. The molecular weight excluding hydrogens is 515 g/mol. The third-order valence-corrected chi connectivity index (χ3v) is 7.94. The van der Waals surface area contributed by atoms with Crippen LogP contribution in [0.2, 0.25) is 0 Å². The molecule has 1 saturated carbocycles. The van der Waals surface area contributed by atoms with Gasteiger partial charge in [0.05, 0.1) is 5.52 Å². The number of ether oxygens (including phenoxy) is 1. The zero-order valence-corrected chi connectivity index (χ0v) is 23.6. The molecule has 0 N–H and O–H groups in total. The van der Waals surface area contributed by atoms with Crippen LogP contribution in [-0.2, 0) is 17.6 Å². The minimum absolute atomic E-state index is 0.0281. The van der Waals surface area contributed by atoms with Crippen LogP contribution >= 0.6 is 0 Å². The minimum atomic E-state index is -4.76. The number of unbranched alkanes of at least 4 members (excludes halogenated alkanes) is 1. The standard InChI is InChI=1S/C32H40F3N3O2/c1-38(2)31-27-14-5-6-15-28(27)36-30(37-31)17-8-3-10-23-18-20-24(21-19-23)11-9-13-26(39)22-25-12-4-7-16-29(25)40-32(33,34)35/h4-7,12,14-16,23-24H,3,8-11,13,17-22H2,1-2H3. The lowest BCUT2D eigenvalue weighted by Gasteiger charge is -2.28. The summed E-state index contributed by atoms with van der Waals surface area (Å²) in [6.07, 6.45) is 6.65. The summed E-state index contributed by atoms with van der Waals surface area (Å²) in [6.45, 7) is 0. The van der Waals surface area contributed by atoms with Crippen LogP contribution in [0.1, 0.15) is 75.6 Å². The summed E-state index contributed by atoms with van der Waals surface area (Å²) in [5.41, 5.74) is 1.28. The van der Waals surface area contributed by atoms with E-state index in [1.807, 2.05) is 26.2 Å². The molecule has 216 valence electrons. The predicted octanol–water partition coefficient (Wildman–Crippen LogP) is 8.10. The molecule has 1 heterocycles. The van der Waals surface area contributed by atoms with Crippen molar-refractivity contribution in [3.63, 3.8) is 0 Å². The molecule has 0 bridgehead atoms. The SMILES string of the molecule is CN(C)c1nc(CCCCC2CCC(CCCC(=O)Cc3ccccc3OC(F)(F)F)CC2)nc2ccccc12. The first kappa shape index (κ1) is 29.8. The van der Waals surface area contributed by atoms with Gasteiger partial charge in [0.1, 0.15) is 23.2 Å². The molecule has 3 aromatic rings. The van der Waals surface area contributed by atoms with Crippen LogP contribution in [0.15, 0.2) is 48.5 Å². The van der Waals surface area contributed by atoms with Crippen LogP contribution in [0.5, 0.6) is 5.75 Å². The fourth-order valence-corrected chi connectivity index (χ4v) is 5.85. The van der Waals surface area contributed by atoms with Gasteiger partial charge in [-0.15, -0.1) is 13.2 Å². The lowest BCUT2D eigenvalue weighted by Crippen LogP contribution is -2.18. The average Bonchev–Trinajstić information content (AvgIpc) is 2.91. The van der Waals surface area contributed by atoms with E-state index in [9.17, 15) is 18.0 Å². The number of hydrogen-bond acceptors (Lipinski definition) is 5. The lowest BCUT2D eigenvalue weighted by atomic mass is 9.78. The summed E-state index contributed by atoms with van der Waals surface area (Å²) in [5.74, 6) is 2.96. The average molecular weight is 556 g/mol. The number of rotatable bonds is 13. The topological polar surface area (TPSA) is 55.3 Å². The van der Waals surface area contributed by atoms with Crippen LogP contribution in [0, 0.1) is 11.8 Å². The normalized spacial score (nSPS) is 17.6. The fraction of sp³-hybridized carbons (Fsp3) is 0.531. The Kier molecular flexibility index (Phi) is 10.4. The first-order valence-corrected chi connectivity index (χ1v) is 14.5. The second kappa shape index (κ2) is 14.0. The van der Waals surface area contributed by atoms with Crippen LogP contribution < -0.4 is 9.64 Å². The molecule has 1 aromatic heterocycles. The van der Waals surface area contributed by atoms with E-state index in [4.69, 9.17) is 9.97 Å². The summed E-state index contributed by atoms with van der Waals surface area (Å²) in [5, 5.41) is 1.08. The monoisotopic (exact) mass is 555 g/mol. The predicted molar refractivity (Wildman–Crippen MR) is 153 cm³/mol. The summed E-state index contributed by atoms with van der Waals surface area (Å²) in [6, 6.07) is 14.0. The Labute approximate surface area is 235 Å². The molecule has 0 aliphatic heterocycles. The molecule has 2 aromatic carbocycles. The molecule has 0 atom stereocenters. The summed E-state index contributed by atoms with van der Waals surface area (Å²) < 4.78 is 41.9. The third-order valence-electron chi connectivity index (χ3n) is 7.94. The van der Waals surface area contributed by atoms with Gasteiger partial charge in [0, 0.05) is 44.3 Å². The van der Waals surface area contributed by atoms with E-state index in [1.54, 1.807) is 6.07 Å². The number of aromatic nitrogens is 2. The third kappa shape index (κ3) is 8.93. The van der Waals surface area contributed by atoms with Gasteiger partial charge in [-0.1, -0.05) is 75.3 Å². The number of para-hydroxylation sites is 2. The highest BCUT2D eigenvalue weighted by atomic mass is 19.4. The lowest BCUT2D eigenvalue weighted by molar-refractivity contribution is -0.274. The molecule has 1 fully saturated rings. The maximum absolute atomic E-state index is 12.6. The van der Waals surface area contributed by atoms with Gasteiger partial charge >= 0.3 is 6.36 Å². The molecule has 0 saturated heterocycles. The molecule has 0 spiro atoms. The van der Waals surface area contributed by atoms with Crippen molar-refractivity contribution in [2.75, 3.05) is 19.0 Å². The molecule has 1 aliphatic rings. The van der Waals surface area contributed by atoms with E-state index in [0.29, 0.717) is 12.3 Å². The second-order valence-electron chi connectivity index (χ2n) is 11.3. The number of ketones is 1. The Balaban J connectivity index is 1.12. The van der Waals surface area contributed by atoms with Crippen LogP contribution in [0.25, 0.3) is 10.9 Å². The van der Waals surface area contributed by atoms with Crippen molar-refractivity contribution in [1.29, 1.82) is 0 Å². The number of benzene rings is 2. The summed E-state index contributed by atoms with van der Waals surface area (Å²) in [7, 11) is 4.04. The quantitative estimate of drug-likeness (QED) is 0.200. The van der Waals surface area contributed by atoms with Crippen LogP contribution in [0.3, 0.4) is 0 Å². The summed E-state index contributed by atoms with van der Waals surface area (Å²) in [4.78, 5) is 24.1. The molecule has 40 heavy (non-hydrogen) atoms. The highest BCUT2D eigenvalue weighted by Crippen LogP contribution is 2.35. The number of aryl methyl sites for hydroxylation is 1. The number of Topliss-reactive ketones (excluding diaryl/α,β-unsaturated/α-hetero) is 1. The van der Waals surface area contributed by atoms with E-state index in [-0.39, 0.29) is 23.5 Å². The van der Waals surface area contributed by atoms with Crippen molar-refractivity contribution in [3.05, 3.63) is 59.9 Å². The number of hydrogen-bond donors (Lipinski definition) is 0. The fourth-order valence-electron chi connectivity index (χ4n) is 5.85. The Morgan fingerprint density at radius 2 is 1.55 bits per heavy atom. The first-order chi connectivity index (χ1) is 19.2. The number of halogens is 3. The number of fused-ring (bicyclic) bond motifs is 1. The molecule has 8 heteroatoms. The minimum Gasteiger partial charge on any atom is -0.405 e. The highest BCUT2D eigenvalue weighted by molar-refractivity contribution is 5.89. The van der Waals surface area contributed by atoms with Gasteiger partial charge in [0.2, 0.25) is 0 Å². The summed E-state index contributed by atoms with van der Waals surface area (Å²) >= 11 is 0. The van der Waals surface area contributed by atoms with Gasteiger partial charge in [-0.3, -0.25) is 4.79 Å². The van der Waals surface area contributed by atoms with Gasteiger partial charge in [0.15, 0.2) is 0 Å². The number of anilines is 1. The highest BCUT2D eigenvalue weighted by Gasteiger charge is 2.32. The zero-order valence-electron chi connectivity index (χ0n) is 23.6. The molecule has 1 aliphatic carbocycles. The largest absolute Gasteiger partial charge is 0.573 e. The van der Waals surface area contributed by atoms with Gasteiger partial charge in [0.25, 0.3) is 0 Å². The maximum atomic E-state index is 12.6. The van der Waals surface area contributed by atoms with Gasteiger partial charge in [-0.25, -0.2) is 9.97 Å². The van der Waals surface area contributed by atoms with E-state index in [0.717, 1.165) is 54.1 Å². The van der Waals surface area contributed by atoms with Crippen LogP contribution in [0.4, 0.5) is 19.0 Å². The van der Waals surface area contributed by atoms with E-state index in [2.05, 4.69) is 21.8 Å². The molecule has 0 radical (unpaired) electrons. The smallest absolute Gasteiger partial charge is 0.405 e. The van der Waals surface area contributed by atoms with Crippen molar-refractivity contribution in [2.24, 2.45) is 11.8 Å². The number of carbonyl (C=O) groups excluding carboxylic acids is 1. The van der Waals surface area contributed by atoms with E-state index in [1.165, 1.54) is 56.7 Å². The number of alkyl halides is 3. The van der Waals surface area contributed by atoms with Crippen molar-refractivity contribution < 1.29 is 22.7 Å². The van der Waals surface area contributed by atoms with E-state index >= 15 is 0 Å². The number of nitrogens with zero attached hydrogens (tertiary/aromatic N) is 3.